The van der Waals surface area contributed by atoms with Gasteiger partial charge in [-0.2, -0.15) is 0 Å². The lowest BCUT2D eigenvalue weighted by molar-refractivity contribution is -0.145. The van der Waals surface area contributed by atoms with E-state index in [0.29, 0.717) is 0 Å². The Kier molecular flexibility index (Phi) is 5.89. The number of rotatable bonds is 5. The molecule has 1 rings (SSSR count). The van der Waals surface area contributed by atoms with Gasteiger partial charge in [0.2, 0.25) is 11.8 Å². The average molecular weight is 298 g/mol. The summed E-state index contributed by atoms with van der Waals surface area (Å²) < 4.78 is 9.09. The lowest BCUT2D eigenvalue weighted by Gasteiger charge is -2.31. The predicted molar refractivity (Wildman–Crippen MR) is 70.8 cm³/mol. The molecule has 8 nitrogen and oxygen atoms in total. The molecule has 1 aliphatic heterocycles. The van der Waals surface area contributed by atoms with Gasteiger partial charge in [-0.15, -0.1) is 0 Å². The molecule has 8 heteroatoms. The van der Waals surface area contributed by atoms with Crippen molar-refractivity contribution in [2.75, 3.05) is 13.7 Å². The Morgan fingerprint density at radius 3 is 2.33 bits per heavy atom. The van der Waals surface area contributed by atoms with Crippen LogP contribution >= 0.6 is 0 Å². The molecule has 1 saturated heterocycles. The summed E-state index contributed by atoms with van der Waals surface area (Å²) in [6.07, 6.45) is 1.78. The third kappa shape index (κ3) is 4.90. The summed E-state index contributed by atoms with van der Waals surface area (Å²) in [4.78, 5) is 45.6. The molecule has 0 radical (unpaired) electrons. The third-order valence-corrected chi connectivity index (χ3v) is 2.83. The largest absolute Gasteiger partial charge is 0.466 e. The van der Waals surface area contributed by atoms with Crippen molar-refractivity contribution < 1.29 is 28.7 Å². The van der Waals surface area contributed by atoms with Crippen LogP contribution in [-0.4, -0.2) is 49.6 Å². The zero-order valence-electron chi connectivity index (χ0n) is 12.0. The molecule has 0 saturated carbocycles. The molecule has 2 amide bonds. The molecule has 0 aliphatic carbocycles. The van der Waals surface area contributed by atoms with Crippen molar-refractivity contribution in [3.05, 3.63) is 12.2 Å². The van der Waals surface area contributed by atoms with Gasteiger partial charge in [0.05, 0.1) is 7.11 Å². The van der Waals surface area contributed by atoms with E-state index in [1.807, 2.05) is 13.8 Å². The maximum atomic E-state index is 11.8. The van der Waals surface area contributed by atoms with Crippen molar-refractivity contribution >= 4 is 23.8 Å². The highest BCUT2D eigenvalue weighted by molar-refractivity contribution is 5.97. The van der Waals surface area contributed by atoms with E-state index in [1.54, 1.807) is 0 Å². The van der Waals surface area contributed by atoms with Gasteiger partial charge in [-0.25, -0.2) is 9.59 Å². The molecule has 0 spiro atoms. The zero-order valence-corrected chi connectivity index (χ0v) is 12.0. The normalized spacial score (nSPS) is 21.9. The van der Waals surface area contributed by atoms with Crippen molar-refractivity contribution in [2.24, 2.45) is 5.92 Å². The van der Waals surface area contributed by atoms with Crippen LogP contribution in [0.2, 0.25) is 0 Å². The molecule has 1 heterocycles. The van der Waals surface area contributed by atoms with Crippen LogP contribution < -0.4 is 10.6 Å². The highest BCUT2D eigenvalue weighted by Gasteiger charge is 2.35. The van der Waals surface area contributed by atoms with Gasteiger partial charge in [0.15, 0.2) is 0 Å². The lowest BCUT2D eigenvalue weighted by Crippen LogP contribution is -2.64. The number of carbonyl (C=O) groups is 4. The number of nitrogens with one attached hydrogen (secondary N) is 2. The van der Waals surface area contributed by atoms with Crippen LogP contribution in [0, 0.1) is 5.92 Å². The smallest absolute Gasteiger partial charge is 0.331 e. The van der Waals surface area contributed by atoms with Crippen LogP contribution in [-0.2, 0) is 28.7 Å². The number of methoxy groups -OCH3 is 1. The number of hydrogen-bond acceptors (Lipinski definition) is 6. The van der Waals surface area contributed by atoms with Crippen molar-refractivity contribution in [3.63, 3.8) is 0 Å². The summed E-state index contributed by atoms with van der Waals surface area (Å²) in [6, 6.07) is -1.54. The summed E-state index contributed by atoms with van der Waals surface area (Å²) in [5.74, 6) is -2.29. The average Bonchev–Trinajstić information content (AvgIpc) is 2.44. The van der Waals surface area contributed by atoms with Gasteiger partial charge in [0.1, 0.15) is 18.7 Å². The fraction of sp³-hybridized carbons (Fsp3) is 0.538. The lowest BCUT2D eigenvalue weighted by atomic mass is 10.00. The van der Waals surface area contributed by atoms with Gasteiger partial charge in [-0.1, -0.05) is 13.8 Å². The molecule has 21 heavy (non-hydrogen) atoms. The number of esters is 2. The molecular weight excluding hydrogens is 280 g/mol. The minimum atomic E-state index is -0.942. The van der Waals surface area contributed by atoms with Gasteiger partial charge < -0.3 is 20.1 Å². The Balaban J connectivity index is 2.48. The molecule has 1 aliphatic rings. The highest BCUT2D eigenvalue weighted by Crippen LogP contribution is 2.07. The summed E-state index contributed by atoms with van der Waals surface area (Å²) in [5.41, 5.74) is 0. The standard InChI is InChI=1S/C13H18N2O6/c1-7(2)11-13(19)14-8(12(18)15-11)6-21-10(17)5-4-9(16)20-3/h4-5,7-8,11H,6H2,1-3H3,(H,14,19)(H,15,18)/b5-4+/t8-,11-/m0/s1. The van der Waals surface area contributed by atoms with Gasteiger partial charge in [-0.3, -0.25) is 9.59 Å². The van der Waals surface area contributed by atoms with E-state index >= 15 is 0 Å². The Morgan fingerprint density at radius 1 is 1.14 bits per heavy atom. The van der Waals surface area contributed by atoms with E-state index in [-0.39, 0.29) is 18.4 Å². The summed E-state index contributed by atoms with van der Waals surface area (Å²) in [5, 5.41) is 5.05. The van der Waals surface area contributed by atoms with Crippen LogP contribution in [0.15, 0.2) is 12.2 Å². The van der Waals surface area contributed by atoms with Gasteiger partial charge >= 0.3 is 11.9 Å². The number of ether oxygens (including phenoxy) is 2. The summed E-state index contributed by atoms with van der Waals surface area (Å²) >= 11 is 0. The Hall–Kier alpha value is -2.38. The summed E-state index contributed by atoms with van der Waals surface area (Å²) in [6.45, 7) is 3.30. The molecule has 2 N–H and O–H groups in total. The van der Waals surface area contributed by atoms with Crippen LogP contribution in [0.25, 0.3) is 0 Å². The molecule has 0 bridgehead atoms. The molecule has 0 aromatic rings. The number of piperazine rings is 1. The number of hydrogen-bond donors (Lipinski definition) is 2. The first kappa shape index (κ1) is 16.7. The van der Waals surface area contributed by atoms with E-state index in [0.717, 1.165) is 12.2 Å². The predicted octanol–water partition coefficient (Wildman–Crippen LogP) is -1.10. The Labute approximate surface area is 121 Å². The van der Waals surface area contributed by atoms with Crippen LogP contribution in [0.5, 0.6) is 0 Å². The van der Waals surface area contributed by atoms with E-state index in [1.165, 1.54) is 7.11 Å². The van der Waals surface area contributed by atoms with E-state index in [4.69, 9.17) is 4.74 Å². The Morgan fingerprint density at radius 2 is 1.76 bits per heavy atom. The first-order valence-electron chi connectivity index (χ1n) is 6.38. The maximum absolute atomic E-state index is 11.8. The van der Waals surface area contributed by atoms with Crippen molar-refractivity contribution in [3.8, 4) is 0 Å². The maximum Gasteiger partial charge on any atom is 0.331 e. The van der Waals surface area contributed by atoms with E-state index in [2.05, 4.69) is 15.4 Å². The second kappa shape index (κ2) is 7.41. The molecular formula is C13H18N2O6. The Bertz CT molecular complexity index is 471. The van der Waals surface area contributed by atoms with E-state index < -0.39 is 29.9 Å². The zero-order chi connectivity index (χ0) is 16.0. The molecule has 2 atom stereocenters. The molecule has 0 aromatic heterocycles. The SMILES string of the molecule is COC(=O)/C=C/C(=O)OC[C@@H]1NC(=O)[C@H](C(C)C)NC1=O. The van der Waals surface area contributed by atoms with Crippen molar-refractivity contribution in [1.82, 2.24) is 10.6 Å². The van der Waals surface area contributed by atoms with Crippen LogP contribution in [0.3, 0.4) is 0 Å². The topological polar surface area (TPSA) is 111 Å². The van der Waals surface area contributed by atoms with Crippen molar-refractivity contribution in [1.29, 1.82) is 0 Å². The minimum absolute atomic E-state index is 0.0413. The van der Waals surface area contributed by atoms with Gasteiger partial charge in [0.25, 0.3) is 0 Å². The number of amides is 2. The third-order valence-electron chi connectivity index (χ3n) is 2.83. The van der Waals surface area contributed by atoms with Crippen LogP contribution in [0.1, 0.15) is 13.8 Å². The highest BCUT2D eigenvalue weighted by atomic mass is 16.5. The number of carbonyl (C=O) groups excluding carboxylic acids is 4. The molecule has 0 aromatic carbocycles. The van der Waals surface area contributed by atoms with Gasteiger partial charge in [-0.05, 0) is 5.92 Å². The molecule has 1 fully saturated rings. The quantitative estimate of drug-likeness (QED) is 0.492. The van der Waals surface area contributed by atoms with Crippen molar-refractivity contribution in [2.45, 2.75) is 25.9 Å². The summed E-state index contributed by atoms with van der Waals surface area (Å²) in [7, 11) is 1.17. The van der Waals surface area contributed by atoms with Gasteiger partial charge in [0, 0.05) is 12.2 Å². The first-order chi connectivity index (χ1) is 9.85. The van der Waals surface area contributed by atoms with Crippen LogP contribution in [0.4, 0.5) is 0 Å². The second-order valence-electron chi connectivity index (χ2n) is 4.78. The molecule has 116 valence electrons. The minimum Gasteiger partial charge on any atom is -0.466 e. The van der Waals surface area contributed by atoms with E-state index in [9.17, 15) is 19.2 Å². The second-order valence-corrected chi connectivity index (χ2v) is 4.78. The molecule has 0 unspecified atom stereocenters. The fourth-order valence-electron chi connectivity index (χ4n) is 1.65. The monoisotopic (exact) mass is 298 g/mol. The first-order valence-corrected chi connectivity index (χ1v) is 6.38. The fourth-order valence-corrected chi connectivity index (χ4v) is 1.65.